The van der Waals surface area contributed by atoms with Gasteiger partial charge in [0.25, 0.3) is 0 Å². The third-order valence-corrected chi connectivity index (χ3v) is 4.14. The number of rotatable bonds is 3. The maximum absolute atomic E-state index is 10.2. The Balaban J connectivity index is 1.99. The number of unbranched alkanes of at least 4 members (excludes halogenated alkanes) is 1. The third-order valence-electron chi connectivity index (χ3n) is 4.14. The van der Waals surface area contributed by atoms with Crippen LogP contribution in [0.15, 0.2) is 0 Å². The average molecular weight is 229 g/mol. The van der Waals surface area contributed by atoms with E-state index in [2.05, 4.69) is 6.92 Å². The van der Waals surface area contributed by atoms with Gasteiger partial charge in [-0.15, -0.1) is 0 Å². The molecule has 4 nitrogen and oxygen atoms in total. The quantitative estimate of drug-likeness (QED) is 0.635. The first-order valence-electron chi connectivity index (χ1n) is 6.43. The number of hydrogen-bond acceptors (Lipinski definition) is 4. The molecule has 2 heterocycles. The number of fused-ring (bicyclic) bond motifs is 1. The Hall–Kier alpha value is -0.160. The highest BCUT2D eigenvalue weighted by molar-refractivity contribution is 5.01. The van der Waals surface area contributed by atoms with Gasteiger partial charge in [0, 0.05) is 6.54 Å². The maximum atomic E-state index is 10.2. The molecule has 2 saturated heterocycles. The smallest absolute Gasteiger partial charge is 0.0991 e. The van der Waals surface area contributed by atoms with Crippen molar-refractivity contribution in [3.63, 3.8) is 0 Å². The summed E-state index contributed by atoms with van der Waals surface area (Å²) in [6.07, 6.45) is 2.34. The van der Waals surface area contributed by atoms with Crippen LogP contribution in [0.3, 0.4) is 0 Å². The minimum absolute atomic E-state index is 0.245. The summed E-state index contributed by atoms with van der Waals surface area (Å²) in [6, 6.07) is -0.245. The van der Waals surface area contributed by atoms with E-state index in [0.717, 1.165) is 32.2 Å². The van der Waals surface area contributed by atoms with Gasteiger partial charge in [-0.1, -0.05) is 19.8 Å². The minimum atomic E-state index is -0.778. The van der Waals surface area contributed by atoms with Gasteiger partial charge in [0.2, 0.25) is 0 Å². The van der Waals surface area contributed by atoms with Crippen LogP contribution in [0.2, 0.25) is 0 Å². The van der Waals surface area contributed by atoms with Crippen molar-refractivity contribution in [3.05, 3.63) is 0 Å². The first-order valence-corrected chi connectivity index (χ1v) is 6.43. The summed E-state index contributed by atoms with van der Waals surface area (Å²) in [7, 11) is 0. The van der Waals surface area contributed by atoms with Gasteiger partial charge in [0.15, 0.2) is 0 Å². The monoisotopic (exact) mass is 229 g/mol. The molecule has 0 aliphatic carbocycles. The molecule has 3 unspecified atom stereocenters. The van der Waals surface area contributed by atoms with Crippen molar-refractivity contribution in [2.75, 3.05) is 13.1 Å². The zero-order chi connectivity index (χ0) is 11.7. The molecule has 2 aliphatic heterocycles. The molecule has 2 aliphatic rings. The van der Waals surface area contributed by atoms with E-state index in [1.807, 2.05) is 4.90 Å². The van der Waals surface area contributed by atoms with E-state index >= 15 is 0 Å². The van der Waals surface area contributed by atoms with E-state index < -0.39 is 18.3 Å². The van der Waals surface area contributed by atoms with Crippen LogP contribution in [-0.2, 0) is 0 Å². The lowest BCUT2D eigenvalue weighted by Gasteiger charge is -2.40. The maximum Gasteiger partial charge on any atom is 0.0991 e. The van der Waals surface area contributed by atoms with E-state index in [1.165, 1.54) is 0 Å². The normalized spacial score (nSPS) is 44.6. The van der Waals surface area contributed by atoms with Gasteiger partial charge in [0.1, 0.15) is 0 Å². The fourth-order valence-corrected chi connectivity index (χ4v) is 3.13. The largest absolute Gasteiger partial charge is 0.391 e. The number of hydrogen-bond donors (Lipinski definition) is 3. The van der Waals surface area contributed by atoms with Crippen molar-refractivity contribution >= 4 is 0 Å². The molecular weight excluding hydrogens is 206 g/mol. The molecule has 5 atom stereocenters. The molecule has 0 aromatic rings. The summed E-state index contributed by atoms with van der Waals surface area (Å²) < 4.78 is 0. The summed E-state index contributed by atoms with van der Waals surface area (Å²) in [4.78, 5) is 2.03. The van der Waals surface area contributed by atoms with Crippen LogP contribution >= 0.6 is 0 Å². The Kier molecular flexibility index (Phi) is 3.85. The lowest BCUT2D eigenvalue weighted by atomic mass is 9.83. The first kappa shape index (κ1) is 12.3. The molecule has 0 spiro atoms. The highest BCUT2D eigenvalue weighted by atomic mass is 16.3. The lowest BCUT2D eigenvalue weighted by molar-refractivity contribution is -0.0584. The van der Waals surface area contributed by atoms with Crippen molar-refractivity contribution < 1.29 is 15.3 Å². The molecule has 0 radical (unpaired) electrons. The SMILES string of the molecule is CCCCC1CCN2CC(O)C(O)[C@H]2[C@@H]1O. The fourth-order valence-electron chi connectivity index (χ4n) is 3.13. The van der Waals surface area contributed by atoms with Crippen LogP contribution in [0.25, 0.3) is 0 Å². The van der Waals surface area contributed by atoms with Gasteiger partial charge >= 0.3 is 0 Å². The second kappa shape index (κ2) is 5.00. The van der Waals surface area contributed by atoms with Crippen LogP contribution in [0.5, 0.6) is 0 Å². The molecule has 2 fully saturated rings. The van der Waals surface area contributed by atoms with E-state index in [9.17, 15) is 15.3 Å². The number of piperidine rings is 1. The molecule has 0 saturated carbocycles. The number of nitrogens with zero attached hydrogens (tertiary/aromatic N) is 1. The fraction of sp³-hybridized carbons (Fsp3) is 1.00. The van der Waals surface area contributed by atoms with Gasteiger partial charge < -0.3 is 15.3 Å². The third kappa shape index (κ3) is 2.12. The zero-order valence-electron chi connectivity index (χ0n) is 9.92. The molecule has 4 heteroatoms. The average Bonchev–Trinajstić information content (AvgIpc) is 2.55. The number of aliphatic hydroxyl groups is 3. The second-order valence-electron chi connectivity index (χ2n) is 5.23. The topological polar surface area (TPSA) is 63.9 Å². The molecule has 2 rings (SSSR count). The molecule has 16 heavy (non-hydrogen) atoms. The standard InChI is InChI=1S/C12H23NO3/c1-2-3-4-8-5-6-13-7-9(14)12(16)10(13)11(8)15/h8-12,14-16H,2-7H2,1H3/t8?,9?,10-,11-,12?/m1/s1. The van der Waals surface area contributed by atoms with Gasteiger partial charge in [-0.3, -0.25) is 4.90 Å². The highest BCUT2D eigenvalue weighted by Crippen LogP contribution is 2.33. The van der Waals surface area contributed by atoms with Gasteiger partial charge in [0.05, 0.1) is 24.4 Å². The molecule has 3 N–H and O–H groups in total. The summed E-state index contributed by atoms with van der Waals surface area (Å²) in [5.41, 5.74) is 0. The van der Waals surface area contributed by atoms with Gasteiger partial charge in [-0.25, -0.2) is 0 Å². The van der Waals surface area contributed by atoms with Crippen molar-refractivity contribution in [3.8, 4) is 0 Å². The predicted octanol–water partition coefficient (Wildman–Crippen LogP) is -0.0366. The molecule has 0 aromatic heterocycles. The van der Waals surface area contributed by atoms with Crippen LogP contribution in [0.1, 0.15) is 32.6 Å². The Bertz CT molecular complexity index is 236. The minimum Gasteiger partial charge on any atom is -0.391 e. The molecule has 0 aromatic carbocycles. The summed E-state index contributed by atoms with van der Waals surface area (Å²) in [6.45, 7) is 3.54. The molecule has 0 amide bonds. The van der Waals surface area contributed by atoms with Crippen LogP contribution in [0.4, 0.5) is 0 Å². The Morgan fingerprint density at radius 1 is 1.19 bits per heavy atom. The van der Waals surface area contributed by atoms with Crippen LogP contribution in [0, 0.1) is 5.92 Å². The van der Waals surface area contributed by atoms with Crippen molar-refractivity contribution in [1.82, 2.24) is 4.90 Å². The van der Waals surface area contributed by atoms with Crippen molar-refractivity contribution in [2.45, 2.75) is 57.0 Å². The summed E-state index contributed by atoms with van der Waals surface area (Å²) >= 11 is 0. The first-order chi connectivity index (χ1) is 7.65. The van der Waals surface area contributed by atoms with Crippen LogP contribution < -0.4 is 0 Å². The highest BCUT2D eigenvalue weighted by Gasteiger charge is 2.48. The van der Waals surface area contributed by atoms with E-state index in [4.69, 9.17) is 0 Å². The molecule has 0 bridgehead atoms. The van der Waals surface area contributed by atoms with E-state index in [0.29, 0.717) is 12.5 Å². The van der Waals surface area contributed by atoms with Crippen LogP contribution in [-0.4, -0.2) is 57.7 Å². The Morgan fingerprint density at radius 2 is 1.94 bits per heavy atom. The van der Waals surface area contributed by atoms with Gasteiger partial charge in [-0.05, 0) is 25.3 Å². The van der Waals surface area contributed by atoms with E-state index in [1.54, 1.807) is 0 Å². The Morgan fingerprint density at radius 3 is 2.62 bits per heavy atom. The van der Waals surface area contributed by atoms with Crippen molar-refractivity contribution in [1.29, 1.82) is 0 Å². The second-order valence-corrected chi connectivity index (χ2v) is 5.23. The lowest BCUT2D eigenvalue weighted by Crippen LogP contribution is -2.53. The summed E-state index contributed by atoms with van der Waals surface area (Å²) in [5, 5.41) is 29.7. The predicted molar refractivity (Wildman–Crippen MR) is 61.0 cm³/mol. The molecular formula is C12H23NO3. The van der Waals surface area contributed by atoms with E-state index in [-0.39, 0.29) is 6.04 Å². The Labute approximate surface area is 96.9 Å². The number of aliphatic hydroxyl groups excluding tert-OH is 3. The van der Waals surface area contributed by atoms with Gasteiger partial charge in [-0.2, -0.15) is 0 Å². The molecule has 94 valence electrons. The van der Waals surface area contributed by atoms with Crippen molar-refractivity contribution in [2.24, 2.45) is 5.92 Å². The zero-order valence-corrected chi connectivity index (χ0v) is 9.92. The summed E-state index contributed by atoms with van der Waals surface area (Å²) in [5.74, 6) is 0.293.